The topological polar surface area (TPSA) is 92.9 Å². The summed E-state index contributed by atoms with van der Waals surface area (Å²) >= 11 is 0. The molecule has 0 aliphatic heterocycles. The lowest BCUT2D eigenvalue weighted by Gasteiger charge is -2.06. The third-order valence-electron chi connectivity index (χ3n) is 2.92. The van der Waals surface area contributed by atoms with Gasteiger partial charge in [-0.2, -0.15) is 5.10 Å². The van der Waals surface area contributed by atoms with Crippen molar-refractivity contribution in [3.8, 4) is 5.75 Å². The minimum Gasteiger partial charge on any atom is -0.494 e. The number of hydrogen-bond donors (Lipinski definition) is 2. The Hall–Kier alpha value is -3.09. The predicted octanol–water partition coefficient (Wildman–Crippen LogP) is 1.95. The molecule has 0 atom stereocenters. The van der Waals surface area contributed by atoms with Crippen LogP contribution < -0.4 is 15.5 Å². The van der Waals surface area contributed by atoms with E-state index in [0.717, 1.165) is 6.42 Å². The van der Waals surface area contributed by atoms with Crippen molar-refractivity contribution in [1.29, 1.82) is 0 Å². The summed E-state index contributed by atoms with van der Waals surface area (Å²) in [5.41, 5.74) is 2.75. The van der Waals surface area contributed by atoms with E-state index in [4.69, 9.17) is 9.15 Å². The molecule has 2 amide bonds. The van der Waals surface area contributed by atoms with Crippen molar-refractivity contribution >= 4 is 18.0 Å². The number of ether oxygens (including phenoxy) is 1. The van der Waals surface area contributed by atoms with E-state index >= 15 is 0 Å². The summed E-state index contributed by atoms with van der Waals surface area (Å²) in [6.45, 7) is 2.47. The molecule has 0 saturated carbocycles. The fourth-order valence-corrected chi connectivity index (χ4v) is 1.76. The molecule has 0 bridgehead atoms. The third kappa shape index (κ3) is 5.60. The number of nitrogens with zero attached hydrogens (tertiary/aromatic N) is 1. The molecule has 1 aromatic heterocycles. The molecule has 2 rings (SSSR count). The first kappa shape index (κ1) is 17.3. The zero-order valence-corrected chi connectivity index (χ0v) is 13.3. The van der Waals surface area contributed by atoms with Gasteiger partial charge in [-0.3, -0.25) is 9.59 Å². The van der Waals surface area contributed by atoms with E-state index in [-0.39, 0.29) is 12.5 Å². The standard InChI is InChI=1S/C17H19N3O4/c1-2-9-23-14-7-5-13(6-8-14)17(22)18-12-16(21)20-19-11-15-4-3-10-24-15/h3-8,10-11H,2,9,12H2,1H3,(H,18,22)(H,20,21)/b19-11-. The fourth-order valence-electron chi connectivity index (χ4n) is 1.76. The Morgan fingerprint density at radius 2 is 2.04 bits per heavy atom. The highest BCUT2D eigenvalue weighted by Gasteiger charge is 2.07. The predicted molar refractivity (Wildman–Crippen MR) is 89.0 cm³/mol. The van der Waals surface area contributed by atoms with Gasteiger partial charge in [-0.25, -0.2) is 5.43 Å². The van der Waals surface area contributed by atoms with Crippen LogP contribution >= 0.6 is 0 Å². The largest absolute Gasteiger partial charge is 0.494 e. The van der Waals surface area contributed by atoms with Crippen molar-refractivity contribution in [3.05, 3.63) is 54.0 Å². The number of amides is 2. The van der Waals surface area contributed by atoms with Gasteiger partial charge in [-0.15, -0.1) is 0 Å². The molecule has 2 N–H and O–H groups in total. The minimum atomic E-state index is -0.436. The van der Waals surface area contributed by atoms with Gasteiger partial charge in [0.1, 0.15) is 11.5 Å². The number of nitrogens with one attached hydrogen (secondary N) is 2. The molecule has 1 aromatic carbocycles. The molecule has 0 spiro atoms. The van der Waals surface area contributed by atoms with Gasteiger partial charge in [-0.05, 0) is 42.8 Å². The number of carbonyl (C=O) groups excluding carboxylic acids is 2. The van der Waals surface area contributed by atoms with Gasteiger partial charge in [0.2, 0.25) is 0 Å². The van der Waals surface area contributed by atoms with Crippen molar-refractivity contribution in [1.82, 2.24) is 10.7 Å². The van der Waals surface area contributed by atoms with E-state index in [1.807, 2.05) is 6.92 Å². The molecule has 1 heterocycles. The lowest BCUT2D eigenvalue weighted by molar-refractivity contribution is -0.120. The van der Waals surface area contributed by atoms with Gasteiger partial charge in [0, 0.05) is 5.56 Å². The zero-order chi connectivity index (χ0) is 17.2. The molecule has 0 radical (unpaired) electrons. The van der Waals surface area contributed by atoms with Crippen LogP contribution in [0.25, 0.3) is 0 Å². The van der Waals surface area contributed by atoms with Crippen LogP contribution in [0.2, 0.25) is 0 Å². The number of rotatable bonds is 8. The molecule has 0 aliphatic carbocycles. The lowest BCUT2D eigenvalue weighted by Crippen LogP contribution is -2.34. The Bertz CT molecular complexity index is 678. The molecule has 24 heavy (non-hydrogen) atoms. The van der Waals surface area contributed by atoms with Crippen molar-refractivity contribution in [2.75, 3.05) is 13.2 Å². The number of carbonyl (C=O) groups is 2. The van der Waals surface area contributed by atoms with Crippen LogP contribution in [0.5, 0.6) is 5.75 Å². The van der Waals surface area contributed by atoms with Crippen LogP contribution in [0.15, 0.2) is 52.2 Å². The third-order valence-corrected chi connectivity index (χ3v) is 2.92. The van der Waals surface area contributed by atoms with E-state index < -0.39 is 5.91 Å². The highest BCUT2D eigenvalue weighted by molar-refractivity contribution is 5.96. The van der Waals surface area contributed by atoms with Crippen molar-refractivity contribution < 1.29 is 18.7 Å². The fraction of sp³-hybridized carbons (Fsp3) is 0.235. The molecular formula is C17H19N3O4. The summed E-state index contributed by atoms with van der Waals surface area (Å²) in [4.78, 5) is 23.5. The number of hydrogen-bond acceptors (Lipinski definition) is 5. The molecule has 7 nitrogen and oxygen atoms in total. The van der Waals surface area contributed by atoms with Gasteiger partial charge in [0.05, 0.1) is 25.6 Å². The summed E-state index contributed by atoms with van der Waals surface area (Å²) in [6, 6.07) is 10.1. The van der Waals surface area contributed by atoms with Crippen LogP contribution in [0.4, 0.5) is 0 Å². The smallest absolute Gasteiger partial charge is 0.259 e. The lowest BCUT2D eigenvalue weighted by atomic mass is 10.2. The van der Waals surface area contributed by atoms with E-state index in [0.29, 0.717) is 23.7 Å². The Kier molecular flexibility index (Phi) is 6.58. The first-order chi connectivity index (χ1) is 11.7. The molecule has 7 heteroatoms. The summed E-state index contributed by atoms with van der Waals surface area (Å²) in [7, 11) is 0. The SMILES string of the molecule is CCCOc1ccc(C(=O)NCC(=O)N/N=C\c2ccco2)cc1. The maximum Gasteiger partial charge on any atom is 0.259 e. The molecule has 0 fully saturated rings. The van der Waals surface area contributed by atoms with Gasteiger partial charge in [0.25, 0.3) is 11.8 Å². The average Bonchev–Trinajstić information content (AvgIpc) is 3.11. The molecule has 0 aliphatic rings. The summed E-state index contributed by atoms with van der Waals surface area (Å²) < 4.78 is 10.5. The Morgan fingerprint density at radius 1 is 1.25 bits per heavy atom. The molecular weight excluding hydrogens is 310 g/mol. The monoisotopic (exact) mass is 329 g/mol. The summed E-state index contributed by atoms with van der Waals surface area (Å²) in [5, 5.41) is 6.23. The van der Waals surface area contributed by atoms with Crippen molar-refractivity contribution in [2.24, 2.45) is 5.10 Å². The Morgan fingerprint density at radius 3 is 2.71 bits per heavy atom. The second-order valence-electron chi connectivity index (χ2n) is 4.86. The van der Waals surface area contributed by atoms with Crippen LogP contribution in [0.1, 0.15) is 29.5 Å². The second kappa shape index (κ2) is 9.14. The summed E-state index contributed by atoms with van der Waals surface area (Å²) in [6.07, 6.45) is 3.79. The first-order valence-electron chi connectivity index (χ1n) is 7.55. The molecule has 0 unspecified atom stereocenters. The number of hydrazone groups is 1. The molecule has 2 aromatic rings. The highest BCUT2D eigenvalue weighted by atomic mass is 16.5. The normalized spacial score (nSPS) is 10.5. The van der Waals surface area contributed by atoms with Crippen LogP contribution in [0.3, 0.4) is 0 Å². The van der Waals surface area contributed by atoms with Crippen molar-refractivity contribution in [3.63, 3.8) is 0 Å². The highest BCUT2D eigenvalue weighted by Crippen LogP contribution is 2.12. The van der Waals surface area contributed by atoms with Gasteiger partial charge in [0.15, 0.2) is 0 Å². The van der Waals surface area contributed by atoms with E-state index in [9.17, 15) is 9.59 Å². The van der Waals surface area contributed by atoms with E-state index in [1.165, 1.54) is 12.5 Å². The van der Waals surface area contributed by atoms with E-state index in [1.54, 1.807) is 36.4 Å². The molecule has 0 saturated heterocycles. The average molecular weight is 329 g/mol. The van der Waals surface area contributed by atoms with Gasteiger partial charge < -0.3 is 14.5 Å². The van der Waals surface area contributed by atoms with Gasteiger partial charge >= 0.3 is 0 Å². The summed E-state index contributed by atoms with van der Waals surface area (Å²) in [5.74, 6) is 0.444. The first-order valence-corrected chi connectivity index (χ1v) is 7.55. The quantitative estimate of drug-likeness (QED) is 0.572. The van der Waals surface area contributed by atoms with Crippen LogP contribution in [-0.4, -0.2) is 31.2 Å². The van der Waals surface area contributed by atoms with Gasteiger partial charge in [-0.1, -0.05) is 6.92 Å². The zero-order valence-electron chi connectivity index (χ0n) is 13.3. The maximum absolute atomic E-state index is 11.9. The van der Waals surface area contributed by atoms with E-state index in [2.05, 4.69) is 15.8 Å². The van der Waals surface area contributed by atoms with Crippen molar-refractivity contribution in [2.45, 2.75) is 13.3 Å². The van der Waals surface area contributed by atoms with Crippen LogP contribution in [0, 0.1) is 0 Å². The number of furan rings is 1. The Balaban J connectivity index is 1.74. The maximum atomic E-state index is 11.9. The van der Waals surface area contributed by atoms with Crippen LogP contribution in [-0.2, 0) is 4.79 Å². The Labute approximate surface area is 139 Å². The molecule has 126 valence electrons. The number of benzene rings is 1. The second-order valence-corrected chi connectivity index (χ2v) is 4.86. The minimum absolute atomic E-state index is 0.178.